The Balaban J connectivity index is 2.62. The molecule has 0 fully saturated rings. The van der Waals surface area contributed by atoms with Crippen LogP contribution in [0.5, 0.6) is 0 Å². The number of hydrogen-bond donors (Lipinski definition) is 1. The van der Waals surface area contributed by atoms with Crippen molar-refractivity contribution in [1.82, 2.24) is 5.32 Å². The molecule has 1 heterocycles. The van der Waals surface area contributed by atoms with Crippen molar-refractivity contribution >= 4 is 0 Å². The van der Waals surface area contributed by atoms with Gasteiger partial charge in [-0.2, -0.15) is 5.26 Å². The molecule has 0 aromatic heterocycles. The lowest BCUT2D eigenvalue weighted by atomic mass is 10.0. The van der Waals surface area contributed by atoms with Gasteiger partial charge >= 0.3 is 0 Å². The van der Waals surface area contributed by atoms with Crippen LogP contribution >= 0.6 is 0 Å². The van der Waals surface area contributed by atoms with Gasteiger partial charge < -0.3 is 5.32 Å². The highest BCUT2D eigenvalue weighted by atomic mass is 14.9. The first-order valence-corrected chi connectivity index (χ1v) is 4.08. The summed E-state index contributed by atoms with van der Waals surface area (Å²) in [4.78, 5) is 0. The van der Waals surface area contributed by atoms with E-state index >= 15 is 0 Å². The predicted octanol–water partition coefficient (Wildman–Crippen LogP) is 1.72. The van der Waals surface area contributed by atoms with Crippen LogP contribution in [-0.2, 0) is 6.54 Å². The molecule has 0 bridgehead atoms. The van der Waals surface area contributed by atoms with E-state index in [4.69, 9.17) is 5.26 Å². The van der Waals surface area contributed by atoms with E-state index < -0.39 is 0 Å². The Kier molecular flexibility index (Phi) is 1.60. The molecule has 0 amide bonds. The summed E-state index contributed by atoms with van der Waals surface area (Å²) in [5, 5.41) is 12.2. The van der Waals surface area contributed by atoms with Gasteiger partial charge in [-0.25, -0.2) is 0 Å². The molecule has 12 heavy (non-hydrogen) atoms. The zero-order chi connectivity index (χ0) is 8.55. The van der Waals surface area contributed by atoms with E-state index in [0.29, 0.717) is 6.04 Å². The highest BCUT2D eigenvalue weighted by Gasteiger charge is 2.20. The average molecular weight is 158 g/mol. The zero-order valence-corrected chi connectivity index (χ0v) is 6.96. The first-order valence-electron chi connectivity index (χ1n) is 4.08. The second-order valence-electron chi connectivity index (χ2n) is 3.09. The largest absolute Gasteiger partial charge is 0.306 e. The summed E-state index contributed by atoms with van der Waals surface area (Å²) >= 11 is 0. The smallest absolute Gasteiger partial charge is 0.0995 e. The fourth-order valence-corrected chi connectivity index (χ4v) is 1.74. The van der Waals surface area contributed by atoms with E-state index in [0.717, 1.165) is 12.1 Å². The van der Waals surface area contributed by atoms with Gasteiger partial charge in [0.1, 0.15) is 0 Å². The van der Waals surface area contributed by atoms with Crippen LogP contribution in [0.3, 0.4) is 0 Å². The Labute approximate surface area is 71.8 Å². The fourth-order valence-electron chi connectivity index (χ4n) is 1.74. The van der Waals surface area contributed by atoms with Crippen molar-refractivity contribution in [3.05, 3.63) is 34.9 Å². The maximum absolute atomic E-state index is 8.84. The quantitative estimate of drug-likeness (QED) is 0.624. The summed E-state index contributed by atoms with van der Waals surface area (Å²) in [6.45, 7) is 2.98. The maximum Gasteiger partial charge on any atom is 0.0995 e. The summed E-state index contributed by atoms with van der Waals surface area (Å²) in [5.41, 5.74) is 3.26. The van der Waals surface area contributed by atoms with Crippen molar-refractivity contribution in [2.45, 2.75) is 19.5 Å². The molecule has 2 nitrogen and oxygen atoms in total. The molecule has 1 aliphatic rings. The van der Waals surface area contributed by atoms with Crippen LogP contribution in [-0.4, -0.2) is 0 Å². The molecular weight excluding hydrogens is 148 g/mol. The SMILES string of the molecule is C[C@H]1NCc2cccc(C#N)c21. The van der Waals surface area contributed by atoms with E-state index in [1.54, 1.807) is 0 Å². The number of hydrogen-bond acceptors (Lipinski definition) is 2. The molecule has 0 aliphatic carbocycles. The van der Waals surface area contributed by atoms with Crippen LogP contribution in [0.1, 0.15) is 29.7 Å². The number of nitrogens with one attached hydrogen (secondary N) is 1. The number of nitrogens with zero attached hydrogens (tertiary/aromatic N) is 1. The van der Waals surface area contributed by atoms with Crippen LogP contribution in [0.25, 0.3) is 0 Å². The number of benzene rings is 1. The molecule has 0 unspecified atom stereocenters. The molecule has 0 saturated carbocycles. The topological polar surface area (TPSA) is 35.8 Å². The molecule has 0 saturated heterocycles. The summed E-state index contributed by atoms with van der Waals surface area (Å²) in [6.07, 6.45) is 0. The molecule has 1 atom stereocenters. The Morgan fingerprint density at radius 3 is 3.17 bits per heavy atom. The second-order valence-corrected chi connectivity index (χ2v) is 3.09. The third-order valence-corrected chi connectivity index (χ3v) is 2.35. The Hall–Kier alpha value is -1.33. The molecule has 60 valence electrons. The monoisotopic (exact) mass is 158 g/mol. The standard InChI is InChI=1S/C10H10N2/c1-7-10-8(5-11)3-2-4-9(10)6-12-7/h2-4,7,12H,6H2,1H3/t7-/m1/s1. The summed E-state index contributed by atoms with van der Waals surface area (Å²) in [5.74, 6) is 0. The van der Waals surface area contributed by atoms with E-state index in [2.05, 4.69) is 24.4 Å². The van der Waals surface area contributed by atoms with Gasteiger partial charge in [-0.1, -0.05) is 12.1 Å². The highest BCUT2D eigenvalue weighted by Crippen LogP contribution is 2.27. The molecule has 1 aromatic carbocycles. The third-order valence-electron chi connectivity index (χ3n) is 2.35. The Bertz CT molecular complexity index is 349. The van der Waals surface area contributed by atoms with Gasteiger partial charge in [-0.05, 0) is 24.1 Å². The lowest BCUT2D eigenvalue weighted by molar-refractivity contribution is 0.633. The summed E-state index contributed by atoms with van der Waals surface area (Å²) < 4.78 is 0. The van der Waals surface area contributed by atoms with E-state index in [-0.39, 0.29) is 0 Å². The van der Waals surface area contributed by atoms with E-state index in [9.17, 15) is 0 Å². The summed E-state index contributed by atoms with van der Waals surface area (Å²) in [6, 6.07) is 8.44. The lowest BCUT2D eigenvalue weighted by Crippen LogP contribution is -2.07. The predicted molar refractivity (Wildman–Crippen MR) is 46.4 cm³/mol. The minimum absolute atomic E-state index is 0.329. The van der Waals surface area contributed by atoms with E-state index in [1.807, 2.05) is 12.1 Å². The molecule has 1 N–H and O–H groups in total. The molecule has 1 aromatic rings. The molecule has 1 aliphatic heterocycles. The van der Waals surface area contributed by atoms with Gasteiger partial charge in [-0.15, -0.1) is 0 Å². The van der Waals surface area contributed by atoms with Gasteiger partial charge in [-0.3, -0.25) is 0 Å². The Morgan fingerprint density at radius 1 is 1.58 bits per heavy atom. The Morgan fingerprint density at radius 2 is 2.42 bits per heavy atom. The van der Waals surface area contributed by atoms with Crippen LogP contribution in [0.2, 0.25) is 0 Å². The van der Waals surface area contributed by atoms with Crippen molar-refractivity contribution in [1.29, 1.82) is 5.26 Å². The third kappa shape index (κ3) is 0.910. The van der Waals surface area contributed by atoms with Crippen molar-refractivity contribution in [3.63, 3.8) is 0 Å². The maximum atomic E-state index is 8.84. The molecule has 0 radical (unpaired) electrons. The fraction of sp³-hybridized carbons (Fsp3) is 0.300. The minimum Gasteiger partial charge on any atom is -0.306 e. The second kappa shape index (κ2) is 2.62. The normalized spacial score (nSPS) is 20.2. The molecule has 0 spiro atoms. The van der Waals surface area contributed by atoms with Crippen molar-refractivity contribution in [3.8, 4) is 6.07 Å². The molecule has 2 heteroatoms. The molecular formula is C10H10N2. The van der Waals surface area contributed by atoms with Crippen LogP contribution in [0.15, 0.2) is 18.2 Å². The number of nitriles is 1. The zero-order valence-electron chi connectivity index (χ0n) is 6.96. The number of fused-ring (bicyclic) bond motifs is 1. The lowest BCUT2D eigenvalue weighted by Gasteiger charge is -2.05. The van der Waals surface area contributed by atoms with E-state index in [1.165, 1.54) is 11.1 Å². The van der Waals surface area contributed by atoms with Gasteiger partial charge in [0.25, 0.3) is 0 Å². The van der Waals surface area contributed by atoms with Crippen LogP contribution in [0.4, 0.5) is 0 Å². The minimum atomic E-state index is 0.329. The van der Waals surface area contributed by atoms with Gasteiger partial charge in [0.2, 0.25) is 0 Å². The van der Waals surface area contributed by atoms with Crippen LogP contribution in [0, 0.1) is 11.3 Å². The first kappa shape index (κ1) is 7.33. The van der Waals surface area contributed by atoms with Gasteiger partial charge in [0, 0.05) is 12.6 Å². The number of rotatable bonds is 0. The first-order chi connectivity index (χ1) is 5.83. The van der Waals surface area contributed by atoms with Crippen LogP contribution < -0.4 is 5.32 Å². The van der Waals surface area contributed by atoms with Gasteiger partial charge in [0.05, 0.1) is 11.6 Å². The van der Waals surface area contributed by atoms with Crippen molar-refractivity contribution in [2.24, 2.45) is 0 Å². The van der Waals surface area contributed by atoms with Crippen molar-refractivity contribution < 1.29 is 0 Å². The average Bonchev–Trinajstić information content (AvgIpc) is 2.48. The van der Waals surface area contributed by atoms with Gasteiger partial charge in [0.15, 0.2) is 0 Å². The van der Waals surface area contributed by atoms with Crippen molar-refractivity contribution in [2.75, 3.05) is 0 Å². The molecule has 2 rings (SSSR count). The summed E-state index contributed by atoms with van der Waals surface area (Å²) in [7, 11) is 0. The highest BCUT2D eigenvalue weighted by molar-refractivity contribution is 5.46.